The summed E-state index contributed by atoms with van der Waals surface area (Å²) in [6.07, 6.45) is 1.54. The van der Waals surface area contributed by atoms with Gasteiger partial charge < -0.3 is 25.0 Å². The van der Waals surface area contributed by atoms with Crippen LogP contribution in [-0.2, 0) is 36.9 Å². The predicted octanol–water partition coefficient (Wildman–Crippen LogP) is 6.41. The molecule has 2 atom stereocenters. The minimum Gasteiger partial charge on any atom is -0.464 e. The van der Waals surface area contributed by atoms with Crippen molar-refractivity contribution in [1.29, 1.82) is 0 Å². The van der Waals surface area contributed by atoms with Crippen LogP contribution in [0.3, 0.4) is 0 Å². The quantitative estimate of drug-likeness (QED) is 0.121. The molecule has 0 saturated heterocycles. The van der Waals surface area contributed by atoms with Crippen LogP contribution in [0.4, 0.5) is 4.79 Å². The number of hydrogen-bond donors (Lipinski definition) is 2. The van der Waals surface area contributed by atoms with E-state index < -0.39 is 29.9 Å². The van der Waals surface area contributed by atoms with Crippen molar-refractivity contribution in [2.45, 2.75) is 66.5 Å². The molecule has 3 rings (SSSR count). The molecule has 9 nitrogen and oxygen atoms in total. The lowest BCUT2D eigenvalue weighted by Gasteiger charge is -2.30. The Morgan fingerprint density at radius 1 is 0.688 bits per heavy atom. The summed E-state index contributed by atoms with van der Waals surface area (Å²) in [6.45, 7) is 10.4. The van der Waals surface area contributed by atoms with Gasteiger partial charge in [-0.15, -0.1) is 0 Å². The van der Waals surface area contributed by atoms with E-state index in [2.05, 4.69) is 24.5 Å². The normalized spacial score (nSPS) is 12.2. The molecular formula is C39H51N3O6. The Labute approximate surface area is 285 Å². The van der Waals surface area contributed by atoms with Crippen LogP contribution in [0.2, 0.25) is 0 Å². The van der Waals surface area contributed by atoms with Gasteiger partial charge in [0.15, 0.2) is 0 Å². The molecule has 0 radical (unpaired) electrons. The maximum atomic E-state index is 13.9. The van der Waals surface area contributed by atoms with Gasteiger partial charge in [-0.25, -0.2) is 9.59 Å². The molecular weight excluding hydrogens is 606 g/mol. The highest BCUT2D eigenvalue weighted by atomic mass is 16.5. The highest BCUT2D eigenvalue weighted by Crippen LogP contribution is 2.21. The van der Waals surface area contributed by atoms with E-state index in [-0.39, 0.29) is 44.5 Å². The number of carbonyl (C=O) groups is 4. The molecule has 0 aliphatic heterocycles. The van der Waals surface area contributed by atoms with Gasteiger partial charge in [0.1, 0.15) is 19.3 Å². The molecule has 258 valence electrons. The number of esters is 2. The molecule has 3 amide bonds. The number of rotatable bonds is 18. The Bertz CT molecular complexity index is 1430. The van der Waals surface area contributed by atoms with E-state index in [1.165, 1.54) is 6.92 Å². The van der Waals surface area contributed by atoms with Crippen LogP contribution in [0.5, 0.6) is 0 Å². The standard InChI is InChI=1S/C39H51N3O6/c1-28(2)16-19-35(37(44)47-23-22-40-30(5)43)26-42(25-29(3)4)39(46)41-36(38(45)48-27-32-12-8-6-9-13-32)24-31-17-20-34(21-18-31)33-14-10-7-11-15-33/h6-15,17-18,20-21,28-29,35-36H,16,19,22-27H2,1-5H3,(H,40,43)(H,41,46)/t35?,36-/m0/s1. The lowest BCUT2D eigenvalue weighted by Crippen LogP contribution is -2.52. The number of nitrogens with one attached hydrogen (secondary N) is 2. The second-order valence-electron chi connectivity index (χ2n) is 13.0. The third kappa shape index (κ3) is 13.6. The summed E-state index contributed by atoms with van der Waals surface area (Å²) in [6, 6.07) is 25.9. The van der Waals surface area contributed by atoms with Gasteiger partial charge in [0.25, 0.3) is 0 Å². The van der Waals surface area contributed by atoms with Crippen molar-refractivity contribution >= 4 is 23.9 Å². The van der Waals surface area contributed by atoms with Gasteiger partial charge in [-0.3, -0.25) is 9.59 Å². The minimum absolute atomic E-state index is 0.0470. The minimum atomic E-state index is -0.961. The highest BCUT2D eigenvalue weighted by molar-refractivity contribution is 5.84. The number of carbonyl (C=O) groups excluding carboxylic acids is 4. The van der Waals surface area contributed by atoms with E-state index in [4.69, 9.17) is 9.47 Å². The van der Waals surface area contributed by atoms with Gasteiger partial charge in [0.2, 0.25) is 5.91 Å². The van der Waals surface area contributed by atoms with Gasteiger partial charge in [0.05, 0.1) is 12.5 Å². The van der Waals surface area contributed by atoms with E-state index in [0.29, 0.717) is 18.9 Å². The molecule has 0 spiro atoms. The number of benzene rings is 3. The Kier molecular flexibility index (Phi) is 15.6. The van der Waals surface area contributed by atoms with E-state index in [1.54, 1.807) is 4.90 Å². The molecule has 2 N–H and O–H groups in total. The molecule has 3 aromatic carbocycles. The lowest BCUT2D eigenvalue weighted by molar-refractivity contribution is -0.150. The SMILES string of the molecule is CC(=O)NCCOC(=O)C(CCC(C)C)CN(CC(C)C)C(=O)N[C@@H](Cc1ccc(-c2ccccc2)cc1)C(=O)OCc1ccccc1. The number of ether oxygens (including phenoxy) is 2. The predicted molar refractivity (Wildman–Crippen MR) is 188 cm³/mol. The molecule has 0 aliphatic rings. The van der Waals surface area contributed by atoms with E-state index in [9.17, 15) is 19.2 Å². The zero-order valence-electron chi connectivity index (χ0n) is 28.9. The first kappa shape index (κ1) is 37.8. The van der Waals surface area contributed by atoms with Gasteiger partial charge in [-0.05, 0) is 40.5 Å². The van der Waals surface area contributed by atoms with E-state index >= 15 is 0 Å². The Morgan fingerprint density at radius 3 is 1.92 bits per heavy atom. The molecule has 0 bridgehead atoms. The van der Waals surface area contributed by atoms with Crippen LogP contribution < -0.4 is 10.6 Å². The summed E-state index contributed by atoms with van der Waals surface area (Å²) in [4.78, 5) is 53.5. The fourth-order valence-electron chi connectivity index (χ4n) is 5.22. The summed E-state index contributed by atoms with van der Waals surface area (Å²) < 4.78 is 11.2. The maximum absolute atomic E-state index is 13.9. The molecule has 0 heterocycles. The molecule has 0 aromatic heterocycles. The van der Waals surface area contributed by atoms with Crippen molar-refractivity contribution in [2.75, 3.05) is 26.2 Å². The first-order chi connectivity index (χ1) is 23.0. The van der Waals surface area contributed by atoms with E-state index in [1.807, 2.05) is 98.8 Å². The van der Waals surface area contributed by atoms with Crippen molar-refractivity contribution < 1.29 is 28.7 Å². The van der Waals surface area contributed by atoms with Gasteiger partial charge in [0, 0.05) is 26.4 Å². The fourth-order valence-corrected chi connectivity index (χ4v) is 5.22. The first-order valence-electron chi connectivity index (χ1n) is 16.8. The number of hydrogen-bond acceptors (Lipinski definition) is 6. The molecule has 1 unspecified atom stereocenters. The average molecular weight is 658 g/mol. The summed E-state index contributed by atoms with van der Waals surface area (Å²) in [5, 5.41) is 5.56. The average Bonchev–Trinajstić information content (AvgIpc) is 3.07. The Balaban J connectivity index is 1.79. The molecule has 48 heavy (non-hydrogen) atoms. The van der Waals surface area contributed by atoms with Crippen LogP contribution in [0.25, 0.3) is 11.1 Å². The molecule has 0 saturated carbocycles. The first-order valence-corrected chi connectivity index (χ1v) is 16.8. The third-order valence-electron chi connectivity index (χ3n) is 7.77. The molecule has 3 aromatic rings. The smallest absolute Gasteiger partial charge is 0.329 e. The van der Waals surface area contributed by atoms with Gasteiger partial charge in [-0.1, -0.05) is 119 Å². The number of amides is 3. The van der Waals surface area contributed by atoms with Crippen LogP contribution in [0.15, 0.2) is 84.9 Å². The molecule has 0 aliphatic carbocycles. The van der Waals surface area contributed by atoms with Crippen LogP contribution >= 0.6 is 0 Å². The lowest BCUT2D eigenvalue weighted by atomic mass is 9.97. The zero-order chi connectivity index (χ0) is 34.9. The van der Waals surface area contributed by atoms with Crippen molar-refractivity contribution in [2.24, 2.45) is 17.8 Å². The zero-order valence-corrected chi connectivity index (χ0v) is 28.9. The third-order valence-corrected chi connectivity index (χ3v) is 7.77. The highest BCUT2D eigenvalue weighted by Gasteiger charge is 2.30. The van der Waals surface area contributed by atoms with Crippen molar-refractivity contribution in [3.8, 4) is 11.1 Å². The largest absolute Gasteiger partial charge is 0.464 e. The molecule has 0 fully saturated rings. The van der Waals surface area contributed by atoms with Crippen LogP contribution in [0, 0.1) is 17.8 Å². The van der Waals surface area contributed by atoms with Crippen molar-refractivity contribution in [1.82, 2.24) is 15.5 Å². The molecule has 9 heteroatoms. The van der Waals surface area contributed by atoms with Crippen LogP contribution in [0.1, 0.15) is 58.6 Å². The van der Waals surface area contributed by atoms with Crippen molar-refractivity contribution in [3.63, 3.8) is 0 Å². The maximum Gasteiger partial charge on any atom is 0.329 e. The summed E-state index contributed by atoms with van der Waals surface area (Å²) >= 11 is 0. The van der Waals surface area contributed by atoms with E-state index in [0.717, 1.165) is 28.7 Å². The monoisotopic (exact) mass is 657 g/mol. The van der Waals surface area contributed by atoms with Gasteiger partial charge in [-0.2, -0.15) is 0 Å². The fraction of sp³-hybridized carbons (Fsp3) is 0.436. The van der Waals surface area contributed by atoms with Crippen molar-refractivity contribution in [3.05, 3.63) is 96.1 Å². The summed E-state index contributed by atoms with van der Waals surface area (Å²) in [5.74, 6) is -1.28. The second-order valence-corrected chi connectivity index (χ2v) is 13.0. The second kappa shape index (κ2) is 19.9. The topological polar surface area (TPSA) is 114 Å². The summed E-state index contributed by atoms with van der Waals surface area (Å²) in [5.41, 5.74) is 3.84. The number of urea groups is 1. The number of nitrogens with zero attached hydrogens (tertiary/aromatic N) is 1. The van der Waals surface area contributed by atoms with Gasteiger partial charge >= 0.3 is 18.0 Å². The summed E-state index contributed by atoms with van der Waals surface area (Å²) in [7, 11) is 0. The Morgan fingerprint density at radius 2 is 1.31 bits per heavy atom. The van der Waals surface area contributed by atoms with Crippen LogP contribution in [-0.4, -0.2) is 61.1 Å². The Hall–Kier alpha value is -4.66.